The van der Waals surface area contributed by atoms with Crippen molar-refractivity contribution in [2.75, 3.05) is 13.7 Å². The van der Waals surface area contributed by atoms with Gasteiger partial charge in [0.05, 0.1) is 24.7 Å². The van der Waals surface area contributed by atoms with E-state index in [0.717, 1.165) is 5.69 Å². The standard InChI is InChI=1S/C9H15N3O2/c1-7(6-13-2)14-9-5-11-8(3-10)4-12-9/h4-5,7H,3,6,10H2,1-2H3. The molecule has 0 aliphatic carbocycles. The van der Waals surface area contributed by atoms with Crippen molar-refractivity contribution in [2.24, 2.45) is 5.73 Å². The highest BCUT2D eigenvalue weighted by molar-refractivity contribution is 5.07. The van der Waals surface area contributed by atoms with E-state index in [1.807, 2.05) is 6.92 Å². The average molecular weight is 197 g/mol. The number of ether oxygens (including phenoxy) is 2. The lowest BCUT2D eigenvalue weighted by atomic mass is 10.4. The van der Waals surface area contributed by atoms with E-state index >= 15 is 0 Å². The Bertz CT molecular complexity index is 263. The van der Waals surface area contributed by atoms with Crippen molar-refractivity contribution in [3.05, 3.63) is 18.1 Å². The van der Waals surface area contributed by atoms with E-state index in [1.165, 1.54) is 0 Å². The van der Waals surface area contributed by atoms with Gasteiger partial charge in [-0.1, -0.05) is 0 Å². The lowest BCUT2D eigenvalue weighted by Crippen LogP contribution is -2.18. The predicted octanol–water partition coefficient (Wildman–Crippen LogP) is 0.349. The Morgan fingerprint density at radius 3 is 2.71 bits per heavy atom. The molecule has 1 atom stereocenters. The number of nitrogens with two attached hydrogens (primary N) is 1. The maximum atomic E-state index is 5.41. The molecule has 5 heteroatoms. The zero-order valence-corrected chi connectivity index (χ0v) is 8.43. The normalized spacial score (nSPS) is 12.5. The van der Waals surface area contributed by atoms with E-state index in [1.54, 1.807) is 19.5 Å². The zero-order chi connectivity index (χ0) is 10.4. The number of rotatable bonds is 5. The smallest absolute Gasteiger partial charge is 0.232 e. The van der Waals surface area contributed by atoms with E-state index in [9.17, 15) is 0 Å². The van der Waals surface area contributed by atoms with Crippen LogP contribution >= 0.6 is 0 Å². The van der Waals surface area contributed by atoms with Crippen molar-refractivity contribution in [3.8, 4) is 5.88 Å². The largest absolute Gasteiger partial charge is 0.471 e. The first-order chi connectivity index (χ1) is 6.76. The van der Waals surface area contributed by atoms with E-state index < -0.39 is 0 Å². The maximum absolute atomic E-state index is 5.41. The van der Waals surface area contributed by atoms with Gasteiger partial charge >= 0.3 is 0 Å². The number of methoxy groups -OCH3 is 1. The summed E-state index contributed by atoms with van der Waals surface area (Å²) in [5, 5.41) is 0. The Hall–Kier alpha value is -1.20. The molecule has 0 fully saturated rings. The van der Waals surface area contributed by atoms with Gasteiger partial charge in [0, 0.05) is 13.7 Å². The fourth-order valence-electron chi connectivity index (χ4n) is 0.984. The first-order valence-corrected chi connectivity index (χ1v) is 4.43. The molecule has 5 nitrogen and oxygen atoms in total. The average Bonchev–Trinajstić information content (AvgIpc) is 2.19. The SMILES string of the molecule is COCC(C)Oc1cnc(CN)cn1. The molecule has 1 aromatic rings. The van der Waals surface area contributed by atoms with Crippen LogP contribution in [0.1, 0.15) is 12.6 Å². The molecule has 0 saturated heterocycles. The van der Waals surface area contributed by atoms with Crippen molar-refractivity contribution < 1.29 is 9.47 Å². The van der Waals surface area contributed by atoms with Crippen LogP contribution in [0.4, 0.5) is 0 Å². The van der Waals surface area contributed by atoms with Crippen LogP contribution in [-0.2, 0) is 11.3 Å². The van der Waals surface area contributed by atoms with Crippen molar-refractivity contribution in [1.82, 2.24) is 9.97 Å². The van der Waals surface area contributed by atoms with Crippen LogP contribution in [-0.4, -0.2) is 29.8 Å². The molecule has 0 saturated carbocycles. The van der Waals surface area contributed by atoms with E-state index in [-0.39, 0.29) is 6.10 Å². The molecular formula is C9H15N3O2. The summed E-state index contributed by atoms with van der Waals surface area (Å²) < 4.78 is 10.3. The minimum atomic E-state index is -0.0296. The number of hydrogen-bond donors (Lipinski definition) is 1. The highest BCUT2D eigenvalue weighted by Gasteiger charge is 2.04. The summed E-state index contributed by atoms with van der Waals surface area (Å²) in [4.78, 5) is 8.11. The second-order valence-electron chi connectivity index (χ2n) is 2.93. The summed E-state index contributed by atoms with van der Waals surface area (Å²) in [6, 6.07) is 0. The molecule has 0 amide bonds. The van der Waals surface area contributed by atoms with Gasteiger partial charge in [-0.25, -0.2) is 4.98 Å². The maximum Gasteiger partial charge on any atom is 0.232 e. The molecule has 1 heterocycles. The first kappa shape index (κ1) is 10.9. The summed E-state index contributed by atoms with van der Waals surface area (Å²) in [5.74, 6) is 0.492. The quantitative estimate of drug-likeness (QED) is 0.737. The van der Waals surface area contributed by atoms with Crippen LogP contribution in [0.5, 0.6) is 5.88 Å². The van der Waals surface area contributed by atoms with Gasteiger partial charge in [0.15, 0.2) is 0 Å². The summed E-state index contributed by atoms with van der Waals surface area (Å²) in [6.07, 6.45) is 3.14. The summed E-state index contributed by atoms with van der Waals surface area (Å²) >= 11 is 0. The van der Waals surface area contributed by atoms with Crippen molar-refractivity contribution >= 4 is 0 Å². The fourth-order valence-corrected chi connectivity index (χ4v) is 0.984. The molecule has 14 heavy (non-hydrogen) atoms. The minimum absolute atomic E-state index is 0.0296. The van der Waals surface area contributed by atoms with Crippen LogP contribution in [0, 0.1) is 0 Å². The fraction of sp³-hybridized carbons (Fsp3) is 0.556. The highest BCUT2D eigenvalue weighted by Crippen LogP contribution is 2.06. The van der Waals surface area contributed by atoms with Crippen LogP contribution in [0.2, 0.25) is 0 Å². The molecular weight excluding hydrogens is 182 g/mol. The van der Waals surface area contributed by atoms with Gasteiger partial charge in [0.1, 0.15) is 6.10 Å². The third-order valence-corrected chi connectivity index (χ3v) is 1.61. The summed E-state index contributed by atoms with van der Waals surface area (Å²) in [5.41, 5.74) is 6.13. The highest BCUT2D eigenvalue weighted by atomic mass is 16.5. The molecule has 0 radical (unpaired) electrons. The third kappa shape index (κ3) is 3.27. The van der Waals surface area contributed by atoms with Gasteiger partial charge in [-0.05, 0) is 6.92 Å². The molecule has 0 aliphatic rings. The third-order valence-electron chi connectivity index (χ3n) is 1.61. The molecule has 0 aliphatic heterocycles. The van der Waals surface area contributed by atoms with Crippen LogP contribution in [0.15, 0.2) is 12.4 Å². The van der Waals surface area contributed by atoms with Gasteiger partial charge in [-0.15, -0.1) is 0 Å². The number of hydrogen-bond acceptors (Lipinski definition) is 5. The Balaban J connectivity index is 2.50. The Morgan fingerprint density at radius 1 is 1.43 bits per heavy atom. The van der Waals surface area contributed by atoms with Crippen molar-refractivity contribution in [3.63, 3.8) is 0 Å². The van der Waals surface area contributed by atoms with E-state index in [4.69, 9.17) is 15.2 Å². The first-order valence-electron chi connectivity index (χ1n) is 4.43. The topological polar surface area (TPSA) is 70.3 Å². The molecule has 78 valence electrons. The number of nitrogens with zero attached hydrogens (tertiary/aromatic N) is 2. The zero-order valence-electron chi connectivity index (χ0n) is 8.43. The van der Waals surface area contributed by atoms with E-state index in [0.29, 0.717) is 19.0 Å². The molecule has 0 bridgehead atoms. The lowest BCUT2D eigenvalue weighted by Gasteiger charge is -2.12. The summed E-state index contributed by atoms with van der Waals surface area (Å²) in [6.45, 7) is 2.82. The van der Waals surface area contributed by atoms with Crippen LogP contribution in [0.25, 0.3) is 0 Å². The van der Waals surface area contributed by atoms with E-state index in [2.05, 4.69) is 9.97 Å². The van der Waals surface area contributed by atoms with Crippen molar-refractivity contribution in [2.45, 2.75) is 19.6 Å². The lowest BCUT2D eigenvalue weighted by molar-refractivity contribution is 0.0886. The van der Waals surface area contributed by atoms with Gasteiger partial charge in [0.25, 0.3) is 0 Å². The Labute approximate surface area is 83.3 Å². The van der Waals surface area contributed by atoms with Gasteiger partial charge in [0.2, 0.25) is 5.88 Å². The van der Waals surface area contributed by atoms with Gasteiger partial charge in [-0.3, -0.25) is 4.98 Å². The van der Waals surface area contributed by atoms with Crippen LogP contribution in [0.3, 0.4) is 0 Å². The molecule has 0 spiro atoms. The molecule has 1 rings (SSSR count). The predicted molar refractivity (Wildman–Crippen MR) is 51.9 cm³/mol. The molecule has 0 aromatic carbocycles. The molecule has 1 unspecified atom stereocenters. The monoisotopic (exact) mass is 197 g/mol. The van der Waals surface area contributed by atoms with Crippen LogP contribution < -0.4 is 10.5 Å². The second-order valence-corrected chi connectivity index (χ2v) is 2.93. The minimum Gasteiger partial charge on any atom is -0.471 e. The van der Waals surface area contributed by atoms with Crippen molar-refractivity contribution in [1.29, 1.82) is 0 Å². The van der Waals surface area contributed by atoms with Gasteiger partial charge < -0.3 is 15.2 Å². The summed E-state index contributed by atoms with van der Waals surface area (Å²) in [7, 11) is 1.63. The van der Waals surface area contributed by atoms with Gasteiger partial charge in [-0.2, -0.15) is 0 Å². The molecule has 2 N–H and O–H groups in total. The number of aromatic nitrogens is 2. The Morgan fingerprint density at radius 2 is 2.21 bits per heavy atom. The molecule has 1 aromatic heterocycles. The second kappa shape index (κ2) is 5.51. The Kier molecular flexibility index (Phi) is 4.28.